The molecular formula is C33H45F3N4O2S. The number of aromatic nitrogens is 1. The summed E-state index contributed by atoms with van der Waals surface area (Å²) >= 11 is 0. The highest BCUT2D eigenvalue weighted by Crippen LogP contribution is 2.39. The summed E-state index contributed by atoms with van der Waals surface area (Å²) in [5.74, 6) is 0.0224. The lowest BCUT2D eigenvalue weighted by Gasteiger charge is -2.30. The Bertz CT molecular complexity index is 1440. The molecule has 1 amide bonds. The number of piperidine rings is 1. The molecule has 3 aromatic rings. The number of carbonyl (C=O) groups excluding carboxylic acids is 1. The lowest BCUT2D eigenvalue weighted by atomic mass is 9.88. The number of primary amides is 1. The number of nitrogens with one attached hydrogen (secondary N) is 2. The maximum Gasteiger partial charge on any atom is 0.391 e. The number of aromatic amines is 1. The van der Waals surface area contributed by atoms with Crippen molar-refractivity contribution in [3.63, 3.8) is 0 Å². The molecule has 2 unspecified atom stereocenters. The zero-order valence-electron chi connectivity index (χ0n) is 25.8. The number of hydrogen-bond acceptors (Lipinski definition) is 3. The first-order valence-electron chi connectivity index (χ1n) is 15.3. The molecule has 2 heterocycles. The summed E-state index contributed by atoms with van der Waals surface area (Å²) in [4.78, 5) is 15.8. The van der Waals surface area contributed by atoms with Gasteiger partial charge in [0.05, 0.1) is 22.1 Å². The number of rotatable bonds is 8. The van der Waals surface area contributed by atoms with E-state index in [1.54, 1.807) is 0 Å². The smallest absolute Gasteiger partial charge is 0.366 e. The van der Waals surface area contributed by atoms with Gasteiger partial charge in [-0.15, -0.1) is 0 Å². The Labute approximate surface area is 255 Å². The fourth-order valence-electron chi connectivity index (χ4n) is 5.88. The summed E-state index contributed by atoms with van der Waals surface area (Å²) in [5, 5.41) is 4.81. The van der Waals surface area contributed by atoms with Crippen LogP contribution in [-0.4, -0.2) is 51.0 Å². The molecule has 236 valence electrons. The van der Waals surface area contributed by atoms with Gasteiger partial charge in [-0.25, -0.2) is 8.51 Å². The van der Waals surface area contributed by atoms with Crippen LogP contribution in [0.2, 0.25) is 0 Å². The monoisotopic (exact) mass is 618 g/mol. The standard InChI is InChI=1S/C29H38N4O2S.C4H7F3/c1-4-36(35)33-11-9-20(10-12-33)26-17-32-28-24(26)14-22(15-25(28)29(30)34)21-6-5-19-7-8-27(23(19)13-21)31-16-18(2)3;1-3(2)4(5,6)7/h5-6,13-15,17-18,20,27,31-32H,4,7-12,16H2,1-3H3,(H2,30,34);3H,1-2H3. The first-order valence-corrected chi connectivity index (χ1v) is 16.6. The van der Waals surface area contributed by atoms with Gasteiger partial charge < -0.3 is 16.0 Å². The van der Waals surface area contributed by atoms with Crippen molar-refractivity contribution in [2.24, 2.45) is 17.6 Å². The molecule has 6 nitrogen and oxygen atoms in total. The topological polar surface area (TPSA) is 91.2 Å². The minimum atomic E-state index is -4.00. The molecule has 43 heavy (non-hydrogen) atoms. The van der Waals surface area contributed by atoms with Gasteiger partial charge in [0.25, 0.3) is 5.91 Å². The molecule has 4 N–H and O–H groups in total. The SMILES string of the molecule is CC(C)C(F)(F)F.CCS(=O)N1CCC(c2c[nH]c3c(C(N)=O)cc(-c4ccc5c(c4)C(NCC(C)C)CC5)cc23)CC1. The number of hydrogen-bond donors (Lipinski definition) is 3. The molecule has 1 aromatic heterocycles. The zero-order chi connectivity index (χ0) is 31.5. The molecule has 0 spiro atoms. The highest BCUT2D eigenvalue weighted by Gasteiger charge is 2.31. The van der Waals surface area contributed by atoms with Gasteiger partial charge in [0.1, 0.15) is 0 Å². The van der Waals surface area contributed by atoms with Gasteiger partial charge in [0.15, 0.2) is 0 Å². The fraction of sp³-hybridized carbons (Fsp3) is 0.545. The number of carbonyl (C=O) groups is 1. The van der Waals surface area contributed by atoms with E-state index in [4.69, 9.17) is 5.73 Å². The van der Waals surface area contributed by atoms with E-state index in [0.717, 1.165) is 81.2 Å². The van der Waals surface area contributed by atoms with Crippen LogP contribution in [0.15, 0.2) is 36.5 Å². The van der Waals surface area contributed by atoms with Crippen LogP contribution in [0.25, 0.3) is 22.0 Å². The zero-order valence-corrected chi connectivity index (χ0v) is 26.6. The van der Waals surface area contributed by atoms with Crippen molar-refractivity contribution in [1.82, 2.24) is 14.6 Å². The molecule has 10 heteroatoms. The average molecular weight is 619 g/mol. The normalized spacial score (nSPS) is 18.6. The lowest BCUT2D eigenvalue weighted by molar-refractivity contribution is -0.164. The van der Waals surface area contributed by atoms with Crippen LogP contribution in [0.5, 0.6) is 0 Å². The molecule has 0 saturated carbocycles. The van der Waals surface area contributed by atoms with E-state index in [2.05, 4.69) is 52.7 Å². The second kappa shape index (κ2) is 13.9. The van der Waals surface area contributed by atoms with Crippen molar-refractivity contribution in [1.29, 1.82) is 0 Å². The van der Waals surface area contributed by atoms with Crippen molar-refractivity contribution >= 4 is 27.8 Å². The maximum absolute atomic E-state index is 12.5. The summed E-state index contributed by atoms with van der Waals surface area (Å²) in [6.07, 6.45) is 2.18. The molecule has 1 aliphatic heterocycles. The van der Waals surface area contributed by atoms with Crippen LogP contribution < -0.4 is 11.1 Å². The molecule has 2 atom stereocenters. The Morgan fingerprint density at radius 3 is 2.33 bits per heavy atom. The van der Waals surface area contributed by atoms with Crippen molar-refractivity contribution in [2.45, 2.75) is 78.4 Å². The average Bonchev–Trinajstić information content (AvgIpc) is 3.58. The molecule has 1 saturated heterocycles. The molecule has 1 aliphatic carbocycles. The maximum atomic E-state index is 12.5. The molecular weight excluding hydrogens is 573 g/mol. The number of halogens is 3. The number of nitrogens with two attached hydrogens (primary N) is 1. The quantitative estimate of drug-likeness (QED) is 0.249. The number of benzene rings is 2. The van der Waals surface area contributed by atoms with E-state index < -0.39 is 29.0 Å². The number of H-pyrrole nitrogens is 1. The Morgan fingerprint density at radius 1 is 1.07 bits per heavy atom. The van der Waals surface area contributed by atoms with Gasteiger partial charge in [-0.1, -0.05) is 46.8 Å². The van der Waals surface area contributed by atoms with Crippen LogP contribution in [0.4, 0.5) is 13.2 Å². The molecule has 0 bridgehead atoms. The van der Waals surface area contributed by atoms with E-state index in [9.17, 15) is 22.2 Å². The number of nitrogens with zero attached hydrogens (tertiary/aromatic N) is 1. The highest BCUT2D eigenvalue weighted by atomic mass is 32.2. The van der Waals surface area contributed by atoms with E-state index in [1.165, 1.54) is 16.7 Å². The Hall–Kier alpha value is -2.69. The first kappa shape index (κ1) is 33.2. The number of aryl methyl sites for hydroxylation is 1. The Balaban J connectivity index is 0.000000541. The van der Waals surface area contributed by atoms with Gasteiger partial charge in [-0.05, 0) is 90.1 Å². The Morgan fingerprint density at radius 2 is 1.74 bits per heavy atom. The van der Waals surface area contributed by atoms with Crippen LogP contribution in [0.1, 0.15) is 92.9 Å². The lowest BCUT2D eigenvalue weighted by Crippen LogP contribution is -2.35. The van der Waals surface area contributed by atoms with Crippen molar-refractivity contribution < 1.29 is 22.2 Å². The van der Waals surface area contributed by atoms with Crippen LogP contribution in [0, 0.1) is 11.8 Å². The van der Waals surface area contributed by atoms with Gasteiger partial charge in [-0.3, -0.25) is 4.79 Å². The fourth-order valence-corrected chi connectivity index (χ4v) is 6.86. The largest absolute Gasteiger partial charge is 0.391 e. The summed E-state index contributed by atoms with van der Waals surface area (Å²) < 4.78 is 47.9. The van der Waals surface area contributed by atoms with E-state index in [0.29, 0.717) is 29.2 Å². The first-order chi connectivity index (χ1) is 20.3. The van der Waals surface area contributed by atoms with Gasteiger partial charge >= 0.3 is 6.18 Å². The molecule has 1 fully saturated rings. The minimum absolute atomic E-state index is 0.365. The number of amides is 1. The summed E-state index contributed by atoms with van der Waals surface area (Å²) in [5.41, 5.74) is 13.4. The minimum Gasteiger partial charge on any atom is -0.366 e. The van der Waals surface area contributed by atoms with Gasteiger partial charge in [0.2, 0.25) is 0 Å². The summed E-state index contributed by atoms with van der Waals surface area (Å²) in [6.45, 7) is 11.4. The van der Waals surface area contributed by atoms with Crippen LogP contribution in [-0.2, 0) is 17.4 Å². The molecule has 5 rings (SSSR count). The summed E-state index contributed by atoms with van der Waals surface area (Å²) in [7, 11) is -0.889. The van der Waals surface area contributed by atoms with Crippen LogP contribution in [0.3, 0.4) is 0 Å². The predicted molar refractivity (Wildman–Crippen MR) is 169 cm³/mol. The Kier molecular flexibility index (Phi) is 10.8. The molecule has 0 radical (unpaired) electrons. The molecule has 2 aromatic carbocycles. The van der Waals surface area contributed by atoms with Gasteiger partial charge in [-0.2, -0.15) is 13.2 Å². The van der Waals surface area contributed by atoms with Crippen molar-refractivity contribution in [3.05, 3.63) is 58.8 Å². The molecule has 2 aliphatic rings. The van der Waals surface area contributed by atoms with Gasteiger partial charge in [0, 0.05) is 42.4 Å². The third-order valence-electron chi connectivity index (χ3n) is 8.50. The van der Waals surface area contributed by atoms with E-state index >= 15 is 0 Å². The highest BCUT2D eigenvalue weighted by molar-refractivity contribution is 7.82. The van der Waals surface area contributed by atoms with Crippen molar-refractivity contribution in [3.8, 4) is 11.1 Å². The second-order valence-electron chi connectivity index (χ2n) is 12.4. The third kappa shape index (κ3) is 7.88. The van der Waals surface area contributed by atoms with E-state index in [-0.39, 0.29) is 0 Å². The van der Waals surface area contributed by atoms with Crippen LogP contribution >= 0.6 is 0 Å². The third-order valence-corrected chi connectivity index (χ3v) is 9.93. The second-order valence-corrected chi connectivity index (χ2v) is 14.1. The predicted octanol–water partition coefficient (Wildman–Crippen LogP) is 7.23. The number of fused-ring (bicyclic) bond motifs is 2. The summed E-state index contributed by atoms with van der Waals surface area (Å²) in [6, 6.07) is 11.3. The van der Waals surface area contributed by atoms with Crippen molar-refractivity contribution in [2.75, 3.05) is 25.4 Å². The number of alkyl halides is 3. The van der Waals surface area contributed by atoms with E-state index in [1.807, 2.05) is 19.2 Å².